The molecule has 6 nitrogen and oxygen atoms in total. The molecule has 0 spiro atoms. The molecule has 0 saturated heterocycles. The van der Waals surface area contributed by atoms with E-state index in [-0.39, 0.29) is 19.3 Å². The second-order valence-corrected chi connectivity index (χ2v) is 7.95. The predicted octanol–water partition coefficient (Wildman–Crippen LogP) is 4.19. The average molecular weight is 383 g/mol. The Morgan fingerprint density at radius 1 is 0.800 bits per heavy atom. The summed E-state index contributed by atoms with van der Waals surface area (Å²) in [4.78, 5) is 0. The molecule has 0 aromatic rings. The van der Waals surface area contributed by atoms with E-state index in [4.69, 9.17) is 18.8 Å². The third-order valence-corrected chi connectivity index (χ3v) is 4.32. The molecule has 0 aliphatic rings. The maximum atomic E-state index is 10.4. The molecule has 0 radical (unpaired) electrons. The van der Waals surface area contributed by atoms with Crippen molar-refractivity contribution in [3.05, 3.63) is 0 Å². The molecule has 0 bridgehead atoms. The second kappa shape index (κ2) is 17.2. The highest BCUT2D eigenvalue weighted by molar-refractivity contribution is 7.85. The molecule has 1 unspecified atom stereocenters. The van der Waals surface area contributed by atoms with Gasteiger partial charge in [-0.05, 0) is 13.3 Å². The maximum absolute atomic E-state index is 10.4. The van der Waals surface area contributed by atoms with Crippen LogP contribution in [0.1, 0.15) is 78.1 Å². The van der Waals surface area contributed by atoms with Crippen LogP contribution in [0.2, 0.25) is 0 Å². The van der Waals surface area contributed by atoms with Gasteiger partial charge in [0.15, 0.2) is 5.94 Å². The molecular weight excluding hydrogens is 344 g/mol. The first-order valence-electron chi connectivity index (χ1n) is 9.68. The monoisotopic (exact) mass is 382 g/mol. The summed E-state index contributed by atoms with van der Waals surface area (Å²) in [6, 6.07) is 0. The molecule has 0 aliphatic carbocycles. The number of hydrogen-bond acceptors (Lipinski definition) is 5. The Kier molecular flexibility index (Phi) is 17.1. The lowest BCUT2D eigenvalue weighted by atomic mass is 10.1. The largest absolute Gasteiger partial charge is 0.376 e. The van der Waals surface area contributed by atoms with Gasteiger partial charge in [-0.15, -0.1) is 0 Å². The van der Waals surface area contributed by atoms with Gasteiger partial charge < -0.3 is 14.2 Å². The molecule has 0 aliphatic heterocycles. The van der Waals surface area contributed by atoms with Gasteiger partial charge in [0.2, 0.25) is 0 Å². The summed E-state index contributed by atoms with van der Waals surface area (Å²) in [6.07, 6.45) is 13.1. The van der Waals surface area contributed by atoms with Gasteiger partial charge in [-0.1, -0.05) is 64.7 Å². The molecule has 0 heterocycles. The third-order valence-electron chi connectivity index (χ3n) is 3.86. The maximum Gasteiger partial charge on any atom is 0.289 e. The van der Waals surface area contributed by atoms with Crippen LogP contribution in [0, 0.1) is 0 Å². The number of hydrogen-bond donors (Lipinski definition) is 1. The van der Waals surface area contributed by atoms with Gasteiger partial charge in [0, 0.05) is 6.61 Å². The number of rotatable bonds is 19. The Morgan fingerprint density at radius 3 is 1.88 bits per heavy atom. The minimum Gasteiger partial charge on any atom is -0.376 e. The van der Waals surface area contributed by atoms with Gasteiger partial charge in [-0.25, -0.2) is 0 Å². The quantitative estimate of drug-likeness (QED) is 0.266. The van der Waals surface area contributed by atoms with Crippen LogP contribution < -0.4 is 0 Å². The Morgan fingerprint density at radius 2 is 1.32 bits per heavy atom. The zero-order valence-electron chi connectivity index (χ0n) is 16.1. The predicted molar refractivity (Wildman–Crippen MR) is 100 cm³/mol. The van der Waals surface area contributed by atoms with Gasteiger partial charge in [0.25, 0.3) is 10.1 Å². The van der Waals surface area contributed by atoms with E-state index in [0.717, 1.165) is 13.0 Å². The summed E-state index contributed by atoms with van der Waals surface area (Å²) in [5, 5.41) is 0. The summed E-state index contributed by atoms with van der Waals surface area (Å²) in [5.41, 5.74) is 0. The molecular formula is C18H38O6S. The van der Waals surface area contributed by atoms with Gasteiger partial charge >= 0.3 is 0 Å². The molecule has 1 N–H and O–H groups in total. The minimum absolute atomic E-state index is 0.0140. The van der Waals surface area contributed by atoms with Crippen LogP contribution in [0.3, 0.4) is 0 Å². The summed E-state index contributed by atoms with van der Waals surface area (Å²) in [7, 11) is -4.06. The van der Waals surface area contributed by atoms with Crippen molar-refractivity contribution in [2.75, 3.05) is 32.4 Å². The number of unbranched alkanes of at least 4 members (excludes halogenated alkanes) is 9. The Hall–Kier alpha value is -0.210. The van der Waals surface area contributed by atoms with E-state index >= 15 is 0 Å². The lowest BCUT2D eigenvalue weighted by Gasteiger charge is -2.13. The van der Waals surface area contributed by atoms with Crippen molar-refractivity contribution in [1.29, 1.82) is 0 Å². The van der Waals surface area contributed by atoms with E-state index < -0.39 is 16.1 Å². The first kappa shape index (κ1) is 24.8. The zero-order chi connectivity index (χ0) is 18.8. The SMILES string of the molecule is CCCCCCCCCCCCOC(C)COCCOCS(=O)(=O)O. The molecule has 0 amide bonds. The van der Waals surface area contributed by atoms with Gasteiger partial charge in [-0.3, -0.25) is 4.55 Å². The van der Waals surface area contributed by atoms with Crippen molar-refractivity contribution in [2.24, 2.45) is 0 Å². The smallest absolute Gasteiger partial charge is 0.289 e. The van der Waals surface area contributed by atoms with E-state index in [1.807, 2.05) is 6.92 Å². The number of ether oxygens (including phenoxy) is 3. The van der Waals surface area contributed by atoms with Crippen LogP contribution in [-0.4, -0.2) is 51.4 Å². The highest BCUT2D eigenvalue weighted by Gasteiger charge is 2.05. The van der Waals surface area contributed by atoms with E-state index in [1.54, 1.807) is 0 Å². The highest BCUT2D eigenvalue weighted by Crippen LogP contribution is 2.10. The van der Waals surface area contributed by atoms with Crippen LogP contribution in [0.15, 0.2) is 0 Å². The molecule has 25 heavy (non-hydrogen) atoms. The van der Waals surface area contributed by atoms with Crippen molar-refractivity contribution in [2.45, 2.75) is 84.2 Å². The van der Waals surface area contributed by atoms with Crippen molar-refractivity contribution in [3.8, 4) is 0 Å². The molecule has 1 atom stereocenters. The van der Waals surface area contributed by atoms with Crippen LogP contribution in [0.4, 0.5) is 0 Å². The molecule has 0 aromatic heterocycles. The lowest BCUT2D eigenvalue weighted by molar-refractivity contribution is -0.0211. The summed E-state index contributed by atoms with van der Waals surface area (Å²) in [6.45, 7) is 5.81. The summed E-state index contributed by atoms with van der Waals surface area (Å²) in [5.74, 6) is -0.693. The van der Waals surface area contributed by atoms with Crippen LogP contribution in [0.25, 0.3) is 0 Å². The molecule has 0 rings (SSSR count). The van der Waals surface area contributed by atoms with Crippen molar-refractivity contribution >= 4 is 10.1 Å². The first-order chi connectivity index (χ1) is 12.0. The fourth-order valence-electron chi connectivity index (χ4n) is 2.45. The fourth-order valence-corrected chi connectivity index (χ4v) is 2.78. The Balaban J connectivity index is 3.21. The van der Waals surface area contributed by atoms with Crippen LogP contribution in [0.5, 0.6) is 0 Å². The summed E-state index contributed by atoms with van der Waals surface area (Å²) >= 11 is 0. The zero-order valence-corrected chi connectivity index (χ0v) is 16.9. The standard InChI is InChI=1S/C18H38O6S/c1-3-4-5-6-7-8-9-10-11-12-13-24-18(2)16-22-14-15-23-17-25(19,20)21/h18H,3-17H2,1-2H3,(H,19,20,21). The Bertz CT molecular complexity index is 372. The third kappa shape index (κ3) is 21.7. The van der Waals surface area contributed by atoms with E-state index in [2.05, 4.69) is 6.92 Å². The first-order valence-corrected chi connectivity index (χ1v) is 11.3. The van der Waals surface area contributed by atoms with E-state index in [9.17, 15) is 8.42 Å². The Labute approximate surface area is 154 Å². The average Bonchev–Trinajstić information content (AvgIpc) is 2.55. The van der Waals surface area contributed by atoms with Crippen molar-refractivity contribution in [3.63, 3.8) is 0 Å². The highest BCUT2D eigenvalue weighted by atomic mass is 32.2. The van der Waals surface area contributed by atoms with Crippen LogP contribution in [-0.2, 0) is 24.3 Å². The van der Waals surface area contributed by atoms with Gasteiger partial charge in [0.05, 0.1) is 25.9 Å². The molecule has 0 saturated carbocycles. The minimum atomic E-state index is -4.06. The van der Waals surface area contributed by atoms with Gasteiger partial charge in [0.1, 0.15) is 0 Å². The van der Waals surface area contributed by atoms with E-state index in [0.29, 0.717) is 6.61 Å². The lowest BCUT2D eigenvalue weighted by Crippen LogP contribution is -2.19. The fraction of sp³-hybridized carbons (Fsp3) is 1.00. The van der Waals surface area contributed by atoms with Gasteiger partial charge in [-0.2, -0.15) is 8.42 Å². The second-order valence-electron chi connectivity index (χ2n) is 6.55. The molecule has 0 aromatic carbocycles. The van der Waals surface area contributed by atoms with Crippen molar-refractivity contribution in [1.82, 2.24) is 0 Å². The molecule has 7 heteroatoms. The molecule has 0 fully saturated rings. The normalized spacial score (nSPS) is 13.2. The van der Waals surface area contributed by atoms with Crippen molar-refractivity contribution < 1.29 is 27.2 Å². The van der Waals surface area contributed by atoms with Crippen LogP contribution >= 0.6 is 0 Å². The summed E-state index contributed by atoms with van der Waals surface area (Å²) < 4.78 is 45.1. The molecule has 152 valence electrons. The topological polar surface area (TPSA) is 82.1 Å². The van der Waals surface area contributed by atoms with E-state index in [1.165, 1.54) is 57.8 Å².